The zero-order valence-corrected chi connectivity index (χ0v) is 7.60. The van der Waals surface area contributed by atoms with E-state index < -0.39 is 11.7 Å². The molecule has 0 aliphatic rings. The van der Waals surface area contributed by atoms with Crippen molar-refractivity contribution in [2.24, 2.45) is 0 Å². The van der Waals surface area contributed by atoms with Crippen molar-refractivity contribution < 1.29 is 13.2 Å². The number of terminal acetylenes is 1. The third-order valence-electron chi connectivity index (χ3n) is 1.96. The van der Waals surface area contributed by atoms with Gasteiger partial charge in [0.2, 0.25) is 0 Å². The molecule has 1 rings (SSSR count). The molecule has 14 heavy (non-hydrogen) atoms. The molecule has 0 fully saturated rings. The molecule has 3 heteroatoms. The molecular weight excluding hydrogens is 189 g/mol. The van der Waals surface area contributed by atoms with Gasteiger partial charge >= 0.3 is 6.18 Å². The van der Waals surface area contributed by atoms with E-state index in [1.54, 1.807) is 13.0 Å². The van der Waals surface area contributed by atoms with Crippen LogP contribution in [-0.4, -0.2) is 0 Å². The van der Waals surface area contributed by atoms with E-state index in [4.69, 9.17) is 6.42 Å². The summed E-state index contributed by atoms with van der Waals surface area (Å²) in [5.74, 6) is 2.10. The lowest BCUT2D eigenvalue weighted by Gasteiger charge is -2.09. The van der Waals surface area contributed by atoms with Gasteiger partial charge in [0.05, 0.1) is 5.56 Å². The van der Waals surface area contributed by atoms with Gasteiger partial charge in [-0.05, 0) is 18.6 Å². The van der Waals surface area contributed by atoms with E-state index in [2.05, 4.69) is 5.92 Å². The van der Waals surface area contributed by atoms with Crippen molar-refractivity contribution >= 4 is 0 Å². The van der Waals surface area contributed by atoms with Gasteiger partial charge in [-0.2, -0.15) is 13.2 Å². The van der Waals surface area contributed by atoms with Crippen LogP contribution in [0.3, 0.4) is 0 Å². The molecule has 0 N–H and O–H groups in total. The van der Waals surface area contributed by atoms with Crippen LogP contribution in [0.15, 0.2) is 24.3 Å². The predicted molar refractivity (Wildman–Crippen MR) is 48.7 cm³/mol. The Morgan fingerprint density at radius 2 is 2.00 bits per heavy atom. The van der Waals surface area contributed by atoms with Crippen LogP contribution in [0.5, 0.6) is 0 Å². The van der Waals surface area contributed by atoms with E-state index in [1.807, 2.05) is 0 Å². The number of hydrogen-bond acceptors (Lipinski definition) is 0. The number of alkyl halides is 3. The van der Waals surface area contributed by atoms with Gasteiger partial charge in [0.1, 0.15) is 0 Å². The fourth-order valence-electron chi connectivity index (χ4n) is 1.08. The average Bonchev–Trinajstić information content (AvgIpc) is 2.15. The van der Waals surface area contributed by atoms with Gasteiger partial charge in [0.15, 0.2) is 0 Å². The zero-order valence-electron chi connectivity index (χ0n) is 7.60. The van der Waals surface area contributed by atoms with Gasteiger partial charge in [-0.1, -0.05) is 24.1 Å². The molecule has 0 aromatic heterocycles. The summed E-state index contributed by atoms with van der Waals surface area (Å²) >= 11 is 0. The van der Waals surface area contributed by atoms with Gasteiger partial charge in [0, 0.05) is 5.92 Å². The Morgan fingerprint density at radius 1 is 1.36 bits per heavy atom. The summed E-state index contributed by atoms with van der Waals surface area (Å²) in [6.07, 6.45) is 0.831. The number of halogens is 3. The van der Waals surface area contributed by atoms with Crippen LogP contribution in [0.1, 0.15) is 24.0 Å². The van der Waals surface area contributed by atoms with Crippen LogP contribution >= 0.6 is 0 Å². The van der Waals surface area contributed by atoms with Crippen LogP contribution in [0.4, 0.5) is 13.2 Å². The number of rotatable bonds is 1. The summed E-state index contributed by atoms with van der Waals surface area (Å²) in [4.78, 5) is 0. The Hall–Kier alpha value is -1.43. The van der Waals surface area contributed by atoms with E-state index in [0.29, 0.717) is 5.56 Å². The summed E-state index contributed by atoms with van der Waals surface area (Å²) in [5.41, 5.74) is -0.139. The first-order valence-electron chi connectivity index (χ1n) is 4.08. The molecule has 0 spiro atoms. The van der Waals surface area contributed by atoms with E-state index in [-0.39, 0.29) is 5.92 Å². The summed E-state index contributed by atoms with van der Waals surface area (Å²) in [6.45, 7) is 1.69. The highest BCUT2D eigenvalue weighted by Gasteiger charge is 2.30. The molecular formula is C11H9F3. The lowest BCUT2D eigenvalue weighted by Crippen LogP contribution is -2.05. The monoisotopic (exact) mass is 198 g/mol. The Morgan fingerprint density at radius 3 is 2.50 bits per heavy atom. The van der Waals surface area contributed by atoms with Gasteiger partial charge in [-0.15, -0.1) is 6.42 Å². The minimum Gasteiger partial charge on any atom is -0.166 e. The van der Waals surface area contributed by atoms with Crippen molar-refractivity contribution in [3.05, 3.63) is 35.4 Å². The molecule has 1 aromatic carbocycles. The molecule has 1 atom stereocenters. The van der Waals surface area contributed by atoms with Crippen molar-refractivity contribution in [3.63, 3.8) is 0 Å². The predicted octanol–water partition coefficient (Wildman–Crippen LogP) is 3.44. The summed E-state index contributed by atoms with van der Waals surface area (Å²) in [5, 5.41) is 0. The minimum atomic E-state index is -4.30. The van der Waals surface area contributed by atoms with Crippen molar-refractivity contribution in [1.29, 1.82) is 0 Å². The topological polar surface area (TPSA) is 0 Å². The van der Waals surface area contributed by atoms with E-state index in [9.17, 15) is 13.2 Å². The second-order valence-corrected chi connectivity index (χ2v) is 3.01. The fourth-order valence-corrected chi connectivity index (χ4v) is 1.08. The van der Waals surface area contributed by atoms with E-state index in [1.165, 1.54) is 6.07 Å². The van der Waals surface area contributed by atoms with Crippen LogP contribution < -0.4 is 0 Å². The molecule has 0 aliphatic heterocycles. The Kier molecular flexibility index (Phi) is 2.85. The van der Waals surface area contributed by atoms with E-state index >= 15 is 0 Å². The molecule has 0 heterocycles. The van der Waals surface area contributed by atoms with Crippen LogP contribution in [0, 0.1) is 12.3 Å². The smallest absolute Gasteiger partial charge is 0.166 e. The molecule has 0 aliphatic carbocycles. The molecule has 74 valence electrons. The maximum Gasteiger partial charge on any atom is 0.416 e. The highest BCUT2D eigenvalue weighted by Crippen LogP contribution is 2.30. The molecule has 1 unspecified atom stereocenters. The molecule has 0 nitrogen and oxygen atoms in total. The van der Waals surface area contributed by atoms with Gasteiger partial charge < -0.3 is 0 Å². The first-order chi connectivity index (χ1) is 6.45. The van der Waals surface area contributed by atoms with Gasteiger partial charge in [-0.25, -0.2) is 0 Å². The molecule has 0 radical (unpaired) electrons. The standard InChI is InChI=1S/C11H9F3/c1-3-8(2)9-5-4-6-10(7-9)11(12,13)14/h1,4-8H,2H3. The van der Waals surface area contributed by atoms with Gasteiger partial charge in [-0.3, -0.25) is 0 Å². The Balaban J connectivity index is 3.09. The van der Waals surface area contributed by atoms with Crippen LogP contribution in [-0.2, 0) is 6.18 Å². The SMILES string of the molecule is C#CC(C)c1cccc(C(F)(F)F)c1. The molecule has 0 bridgehead atoms. The first kappa shape index (κ1) is 10.6. The Labute approximate surface area is 80.8 Å². The van der Waals surface area contributed by atoms with Crippen molar-refractivity contribution in [1.82, 2.24) is 0 Å². The zero-order chi connectivity index (χ0) is 10.8. The number of benzene rings is 1. The average molecular weight is 198 g/mol. The summed E-state index contributed by atoms with van der Waals surface area (Å²) in [6, 6.07) is 5.09. The lowest BCUT2D eigenvalue weighted by atomic mass is 10.00. The molecule has 0 amide bonds. The van der Waals surface area contributed by atoms with Crippen molar-refractivity contribution in [3.8, 4) is 12.3 Å². The van der Waals surface area contributed by atoms with Gasteiger partial charge in [0.25, 0.3) is 0 Å². The second kappa shape index (κ2) is 3.75. The van der Waals surface area contributed by atoms with Crippen LogP contribution in [0.25, 0.3) is 0 Å². The summed E-state index contributed by atoms with van der Waals surface area (Å²) in [7, 11) is 0. The second-order valence-electron chi connectivity index (χ2n) is 3.01. The molecule has 1 aromatic rings. The quantitative estimate of drug-likeness (QED) is 0.606. The fraction of sp³-hybridized carbons (Fsp3) is 0.273. The Bertz CT molecular complexity index is 358. The third-order valence-corrected chi connectivity index (χ3v) is 1.96. The molecule has 0 saturated heterocycles. The normalized spacial score (nSPS) is 13.4. The number of hydrogen-bond donors (Lipinski definition) is 0. The summed E-state index contributed by atoms with van der Waals surface area (Å²) < 4.78 is 36.9. The first-order valence-corrected chi connectivity index (χ1v) is 4.08. The third kappa shape index (κ3) is 2.29. The largest absolute Gasteiger partial charge is 0.416 e. The minimum absolute atomic E-state index is 0.294. The van der Waals surface area contributed by atoms with Crippen molar-refractivity contribution in [2.45, 2.75) is 19.0 Å². The highest BCUT2D eigenvalue weighted by atomic mass is 19.4. The molecule has 0 saturated carbocycles. The van der Waals surface area contributed by atoms with Crippen molar-refractivity contribution in [2.75, 3.05) is 0 Å². The van der Waals surface area contributed by atoms with Crippen LogP contribution in [0.2, 0.25) is 0 Å². The maximum absolute atomic E-state index is 12.3. The maximum atomic E-state index is 12.3. The van der Waals surface area contributed by atoms with E-state index in [0.717, 1.165) is 12.1 Å². The highest BCUT2D eigenvalue weighted by molar-refractivity contribution is 5.31. The lowest BCUT2D eigenvalue weighted by molar-refractivity contribution is -0.137.